The van der Waals surface area contributed by atoms with Crippen LogP contribution in [-0.2, 0) is 0 Å². The minimum atomic E-state index is 0.434. The van der Waals surface area contributed by atoms with Crippen LogP contribution in [0.4, 0.5) is 0 Å². The first-order valence-electron chi connectivity index (χ1n) is 5.83. The van der Waals surface area contributed by atoms with E-state index in [4.69, 9.17) is 10.00 Å². The summed E-state index contributed by atoms with van der Waals surface area (Å²) >= 11 is 4.33. The van der Waals surface area contributed by atoms with Gasteiger partial charge in [-0.05, 0) is 36.3 Å². The number of nitriles is 1. The fraction of sp³-hybridized carbons (Fsp3) is 0.500. The number of hydrogen-bond donors (Lipinski definition) is 1. The van der Waals surface area contributed by atoms with E-state index < -0.39 is 0 Å². The van der Waals surface area contributed by atoms with Gasteiger partial charge in [0, 0.05) is 5.92 Å². The monoisotopic (exact) mass is 249 g/mol. The summed E-state index contributed by atoms with van der Waals surface area (Å²) < 4.78 is 5.79. The average molecular weight is 249 g/mol. The van der Waals surface area contributed by atoms with Crippen LogP contribution in [-0.4, -0.2) is 12.4 Å². The van der Waals surface area contributed by atoms with Gasteiger partial charge < -0.3 is 4.74 Å². The number of aryl methyl sites for hydroxylation is 1. The van der Waals surface area contributed by atoms with Crippen LogP contribution < -0.4 is 4.74 Å². The van der Waals surface area contributed by atoms with Crippen LogP contribution in [0.1, 0.15) is 25.0 Å². The van der Waals surface area contributed by atoms with Gasteiger partial charge in [0.25, 0.3) is 0 Å². The average Bonchev–Trinajstić information content (AvgIpc) is 2.31. The summed E-state index contributed by atoms with van der Waals surface area (Å²) in [6.07, 6.45) is 0. The van der Waals surface area contributed by atoms with E-state index in [1.807, 2.05) is 13.0 Å². The molecule has 0 radical (unpaired) electrons. The SMILES string of the molecule is Cc1ccc(C#N)cc1OCC(CS)C(C)C. The van der Waals surface area contributed by atoms with E-state index in [1.165, 1.54) is 0 Å². The molecule has 0 aliphatic rings. The second-order valence-electron chi connectivity index (χ2n) is 4.59. The van der Waals surface area contributed by atoms with E-state index in [0.717, 1.165) is 17.1 Å². The molecule has 0 aliphatic carbocycles. The van der Waals surface area contributed by atoms with Crippen LogP contribution in [0.25, 0.3) is 0 Å². The van der Waals surface area contributed by atoms with Crippen LogP contribution in [0.5, 0.6) is 5.75 Å². The molecule has 0 saturated heterocycles. The lowest BCUT2D eigenvalue weighted by molar-refractivity contribution is 0.226. The maximum Gasteiger partial charge on any atom is 0.123 e. The molecule has 0 spiro atoms. The van der Waals surface area contributed by atoms with Gasteiger partial charge in [-0.15, -0.1) is 0 Å². The normalized spacial score (nSPS) is 12.2. The molecule has 0 heterocycles. The Labute approximate surface area is 109 Å². The molecule has 1 unspecified atom stereocenters. The van der Waals surface area contributed by atoms with Crippen LogP contribution in [0, 0.1) is 30.1 Å². The second-order valence-corrected chi connectivity index (χ2v) is 4.95. The molecule has 0 aliphatic heterocycles. The van der Waals surface area contributed by atoms with E-state index in [0.29, 0.717) is 24.0 Å². The van der Waals surface area contributed by atoms with Crippen LogP contribution in [0.3, 0.4) is 0 Å². The van der Waals surface area contributed by atoms with Crippen molar-refractivity contribution < 1.29 is 4.74 Å². The van der Waals surface area contributed by atoms with Gasteiger partial charge in [0.05, 0.1) is 18.2 Å². The first kappa shape index (κ1) is 13.9. The summed E-state index contributed by atoms with van der Waals surface area (Å²) in [7, 11) is 0. The first-order chi connectivity index (χ1) is 8.08. The Morgan fingerprint density at radius 2 is 2.12 bits per heavy atom. The quantitative estimate of drug-likeness (QED) is 0.811. The number of ether oxygens (including phenoxy) is 1. The van der Waals surface area contributed by atoms with Crippen molar-refractivity contribution in [3.8, 4) is 11.8 Å². The molecule has 1 rings (SSSR count). The molecule has 1 aromatic rings. The molecular weight excluding hydrogens is 230 g/mol. The molecule has 3 heteroatoms. The standard InChI is InChI=1S/C14H19NOS/c1-10(2)13(9-17)8-16-14-6-12(7-15)5-4-11(14)3/h4-6,10,13,17H,8-9H2,1-3H3. The Morgan fingerprint density at radius 3 is 2.65 bits per heavy atom. The minimum absolute atomic E-state index is 0.434. The number of hydrogen-bond acceptors (Lipinski definition) is 3. The van der Waals surface area contributed by atoms with Crippen LogP contribution in [0.2, 0.25) is 0 Å². The van der Waals surface area contributed by atoms with Crippen LogP contribution >= 0.6 is 12.6 Å². The van der Waals surface area contributed by atoms with Crippen molar-refractivity contribution in [3.63, 3.8) is 0 Å². The zero-order valence-corrected chi connectivity index (χ0v) is 11.5. The third-order valence-corrected chi connectivity index (χ3v) is 3.42. The Bertz CT molecular complexity index is 409. The Balaban J connectivity index is 2.71. The zero-order valence-electron chi connectivity index (χ0n) is 10.6. The van der Waals surface area contributed by atoms with Gasteiger partial charge in [0.1, 0.15) is 5.75 Å². The summed E-state index contributed by atoms with van der Waals surface area (Å²) in [5.41, 5.74) is 1.70. The molecule has 92 valence electrons. The summed E-state index contributed by atoms with van der Waals surface area (Å²) in [6, 6.07) is 7.64. The topological polar surface area (TPSA) is 33.0 Å². The summed E-state index contributed by atoms with van der Waals surface area (Å²) in [6.45, 7) is 6.98. The molecule has 0 saturated carbocycles. The van der Waals surface area contributed by atoms with E-state index in [2.05, 4.69) is 32.5 Å². The lowest BCUT2D eigenvalue weighted by Gasteiger charge is -2.19. The van der Waals surface area contributed by atoms with E-state index in [9.17, 15) is 0 Å². The maximum absolute atomic E-state index is 8.85. The highest BCUT2D eigenvalue weighted by molar-refractivity contribution is 7.80. The highest BCUT2D eigenvalue weighted by atomic mass is 32.1. The Hall–Kier alpha value is -1.14. The Kier molecular flexibility index (Phi) is 5.37. The van der Waals surface area contributed by atoms with Crippen molar-refractivity contribution in [3.05, 3.63) is 29.3 Å². The molecule has 17 heavy (non-hydrogen) atoms. The lowest BCUT2D eigenvalue weighted by Crippen LogP contribution is -2.19. The predicted octanol–water partition coefficient (Wildman–Crippen LogP) is 3.45. The highest BCUT2D eigenvalue weighted by Gasteiger charge is 2.13. The number of benzene rings is 1. The van der Waals surface area contributed by atoms with Crippen molar-refractivity contribution in [2.45, 2.75) is 20.8 Å². The Morgan fingerprint density at radius 1 is 1.41 bits per heavy atom. The van der Waals surface area contributed by atoms with Crippen LogP contribution in [0.15, 0.2) is 18.2 Å². The van der Waals surface area contributed by atoms with Crippen molar-refractivity contribution >= 4 is 12.6 Å². The van der Waals surface area contributed by atoms with Gasteiger partial charge in [-0.1, -0.05) is 19.9 Å². The number of nitrogens with zero attached hydrogens (tertiary/aromatic N) is 1. The van der Waals surface area contributed by atoms with E-state index >= 15 is 0 Å². The van der Waals surface area contributed by atoms with Crippen molar-refractivity contribution in [2.24, 2.45) is 11.8 Å². The largest absolute Gasteiger partial charge is 0.493 e. The summed E-state index contributed by atoms with van der Waals surface area (Å²) in [5, 5.41) is 8.85. The third-order valence-electron chi connectivity index (χ3n) is 2.95. The molecule has 1 atom stereocenters. The van der Waals surface area contributed by atoms with E-state index in [1.54, 1.807) is 12.1 Å². The van der Waals surface area contributed by atoms with Gasteiger partial charge in [0.2, 0.25) is 0 Å². The lowest BCUT2D eigenvalue weighted by atomic mass is 9.99. The summed E-state index contributed by atoms with van der Waals surface area (Å²) in [4.78, 5) is 0. The highest BCUT2D eigenvalue weighted by Crippen LogP contribution is 2.21. The smallest absolute Gasteiger partial charge is 0.123 e. The molecule has 0 N–H and O–H groups in total. The third kappa shape index (κ3) is 3.98. The molecule has 0 bridgehead atoms. The second kappa shape index (κ2) is 6.56. The van der Waals surface area contributed by atoms with Crippen molar-refractivity contribution in [1.29, 1.82) is 5.26 Å². The maximum atomic E-state index is 8.85. The van der Waals surface area contributed by atoms with Gasteiger partial charge in [0.15, 0.2) is 0 Å². The summed E-state index contributed by atoms with van der Waals surface area (Å²) in [5.74, 6) is 2.60. The molecule has 0 fully saturated rings. The fourth-order valence-electron chi connectivity index (χ4n) is 1.48. The van der Waals surface area contributed by atoms with Gasteiger partial charge in [-0.2, -0.15) is 17.9 Å². The first-order valence-corrected chi connectivity index (χ1v) is 6.46. The number of rotatable bonds is 5. The minimum Gasteiger partial charge on any atom is -0.493 e. The van der Waals surface area contributed by atoms with Crippen molar-refractivity contribution in [1.82, 2.24) is 0 Å². The molecule has 0 aromatic heterocycles. The van der Waals surface area contributed by atoms with E-state index in [-0.39, 0.29) is 0 Å². The van der Waals surface area contributed by atoms with Gasteiger partial charge in [-0.3, -0.25) is 0 Å². The molecule has 2 nitrogen and oxygen atoms in total. The molecule has 1 aromatic carbocycles. The van der Waals surface area contributed by atoms with Crippen molar-refractivity contribution in [2.75, 3.05) is 12.4 Å². The predicted molar refractivity (Wildman–Crippen MR) is 73.6 cm³/mol. The van der Waals surface area contributed by atoms with Gasteiger partial charge >= 0.3 is 0 Å². The molecular formula is C14H19NOS. The molecule has 0 amide bonds. The zero-order chi connectivity index (χ0) is 12.8. The number of thiol groups is 1. The van der Waals surface area contributed by atoms with Gasteiger partial charge in [-0.25, -0.2) is 0 Å². The fourth-order valence-corrected chi connectivity index (χ4v) is 2.00.